The number of ether oxygens (including phenoxy) is 1. The number of para-hydroxylation sites is 1. The van der Waals surface area contributed by atoms with Crippen LogP contribution >= 0.6 is 11.3 Å². The van der Waals surface area contributed by atoms with Gasteiger partial charge < -0.3 is 10.1 Å². The maximum atomic E-state index is 5.69. The largest absolute Gasteiger partial charge is 0.493 e. The van der Waals surface area contributed by atoms with Crippen LogP contribution in [0.2, 0.25) is 0 Å². The Hall–Kier alpha value is -1.39. The Morgan fingerprint density at radius 1 is 1.42 bits per heavy atom. The third-order valence-electron chi connectivity index (χ3n) is 3.42. The number of nitrogens with one attached hydrogen (secondary N) is 1. The first-order valence-electron chi connectivity index (χ1n) is 6.64. The average Bonchev–Trinajstić information content (AvgIpc) is 2.86. The van der Waals surface area contributed by atoms with Crippen molar-refractivity contribution >= 4 is 11.3 Å². The minimum absolute atomic E-state index is 0.273. The van der Waals surface area contributed by atoms with Gasteiger partial charge in [0.25, 0.3) is 0 Å². The second kappa shape index (κ2) is 5.31. The zero-order valence-corrected chi connectivity index (χ0v) is 12.0. The van der Waals surface area contributed by atoms with Gasteiger partial charge in [-0.3, -0.25) is 0 Å². The summed E-state index contributed by atoms with van der Waals surface area (Å²) in [6.07, 6.45) is 2.95. The van der Waals surface area contributed by atoms with E-state index in [2.05, 4.69) is 36.3 Å². The first-order chi connectivity index (χ1) is 9.24. The minimum Gasteiger partial charge on any atom is -0.493 e. The van der Waals surface area contributed by atoms with E-state index in [9.17, 15) is 0 Å². The molecule has 0 fully saturated rings. The van der Waals surface area contributed by atoms with Crippen LogP contribution in [-0.4, -0.2) is 11.6 Å². The summed E-state index contributed by atoms with van der Waals surface area (Å²) in [5, 5.41) is 4.83. The fourth-order valence-corrected chi connectivity index (χ4v) is 3.25. The number of rotatable bonds is 3. The summed E-state index contributed by atoms with van der Waals surface area (Å²) in [6.45, 7) is 5.05. The van der Waals surface area contributed by atoms with Crippen molar-refractivity contribution in [2.24, 2.45) is 0 Å². The molecule has 2 aromatic rings. The van der Waals surface area contributed by atoms with Crippen LogP contribution in [0.4, 0.5) is 0 Å². The van der Waals surface area contributed by atoms with E-state index in [1.54, 1.807) is 11.3 Å². The van der Waals surface area contributed by atoms with Crippen LogP contribution in [0.25, 0.3) is 0 Å². The van der Waals surface area contributed by atoms with Crippen LogP contribution in [0, 0.1) is 6.92 Å². The Kier molecular flexibility index (Phi) is 3.53. The maximum absolute atomic E-state index is 5.69. The molecule has 1 aliphatic rings. The monoisotopic (exact) mass is 274 g/mol. The summed E-state index contributed by atoms with van der Waals surface area (Å²) >= 11 is 1.76. The topological polar surface area (TPSA) is 34.2 Å². The highest BCUT2D eigenvalue weighted by atomic mass is 32.1. The van der Waals surface area contributed by atoms with Crippen molar-refractivity contribution in [3.05, 3.63) is 45.9 Å². The zero-order valence-electron chi connectivity index (χ0n) is 11.2. The van der Waals surface area contributed by atoms with Crippen LogP contribution < -0.4 is 10.1 Å². The summed E-state index contributed by atoms with van der Waals surface area (Å²) in [6, 6.07) is 8.90. The molecule has 2 heterocycles. The molecule has 1 N–H and O–H groups in total. The number of aromatic nitrogens is 1. The molecule has 19 heavy (non-hydrogen) atoms. The molecular weight excluding hydrogens is 256 g/mol. The number of thiazole rings is 1. The second-order valence-corrected chi connectivity index (χ2v) is 6.19. The van der Waals surface area contributed by atoms with Gasteiger partial charge in [0.15, 0.2) is 0 Å². The predicted octanol–water partition coefficient (Wildman–Crippen LogP) is 3.63. The fraction of sp³-hybridized carbons (Fsp3) is 0.400. The molecule has 0 saturated heterocycles. The Morgan fingerprint density at radius 2 is 2.26 bits per heavy atom. The maximum Gasteiger partial charge on any atom is 0.124 e. The number of aryl methyl sites for hydroxylation is 1. The highest BCUT2D eigenvalue weighted by Gasteiger charge is 2.23. The summed E-state index contributed by atoms with van der Waals surface area (Å²) in [5.74, 6) is 1.01. The molecule has 3 nitrogen and oxygen atoms in total. The Bertz CT molecular complexity index is 567. The van der Waals surface area contributed by atoms with Crippen molar-refractivity contribution in [3.63, 3.8) is 0 Å². The lowest BCUT2D eigenvalue weighted by Gasteiger charge is -2.28. The molecule has 2 atom stereocenters. The molecule has 0 radical (unpaired) electrons. The lowest BCUT2D eigenvalue weighted by molar-refractivity contribution is 0.246. The summed E-state index contributed by atoms with van der Waals surface area (Å²) in [7, 11) is 0. The zero-order chi connectivity index (χ0) is 13.2. The van der Waals surface area contributed by atoms with Crippen molar-refractivity contribution in [1.29, 1.82) is 0 Å². The van der Waals surface area contributed by atoms with Gasteiger partial charge >= 0.3 is 0 Å². The van der Waals surface area contributed by atoms with E-state index in [1.807, 2.05) is 18.3 Å². The second-order valence-electron chi connectivity index (χ2n) is 4.93. The molecule has 2 unspecified atom stereocenters. The molecule has 0 amide bonds. The van der Waals surface area contributed by atoms with E-state index in [0.717, 1.165) is 23.8 Å². The molecule has 1 aromatic heterocycles. The van der Waals surface area contributed by atoms with Crippen molar-refractivity contribution in [1.82, 2.24) is 10.3 Å². The Morgan fingerprint density at radius 3 is 3.05 bits per heavy atom. The van der Waals surface area contributed by atoms with E-state index in [-0.39, 0.29) is 6.04 Å². The molecule has 4 heteroatoms. The molecule has 0 spiro atoms. The quantitative estimate of drug-likeness (QED) is 0.928. The van der Waals surface area contributed by atoms with Crippen LogP contribution in [0.1, 0.15) is 40.9 Å². The highest BCUT2D eigenvalue weighted by Crippen LogP contribution is 2.33. The van der Waals surface area contributed by atoms with Gasteiger partial charge in [0, 0.05) is 29.1 Å². The number of benzene rings is 1. The summed E-state index contributed by atoms with van der Waals surface area (Å²) in [5.41, 5.74) is 1.26. The van der Waals surface area contributed by atoms with E-state index in [0.29, 0.717) is 6.04 Å². The first-order valence-corrected chi connectivity index (χ1v) is 7.46. The van der Waals surface area contributed by atoms with Gasteiger partial charge in [-0.2, -0.15) is 0 Å². The molecule has 0 saturated carbocycles. The molecule has 3 rings (SSSR count). The lowest BCUT2D eigenvalue weighted by Crippen LogP contribution is -2.29. The van der Waals surface area contributed by atoms with E-state index >= 15 is 0 Å². The van der Waals surface area contributed by atoms with Crippen LogP contribution in [-0.2, 0) is 0 Å². The smallest absolute Gasteiger partial charge is 0.124 e. The van der Waals surface area contributed by atoms with Gasteiger partial charge in [-0.1, -0.05) is 18.2 Å². The Balaban J connectivity index is 1.77. The van der Waals surface area contributed by atoms with Crippen LogP contribution in [0.3, 0.4) is 0 Å². The van der Waals surface area contributed by atoms with Gasteiger partial charge in [-0.05, 0) is 19.9 Å². The van der Waals surface area contributed by atoms with Crippen molar-refractivity contribution in [2.75, 3.05) is 6.61 Å². The summed E-state index contributed by atoms with van der Waals surface area (Å²) < 4.78 is 5.69. The van der Waals surface area contributed by atoms with E-state index in [1.165, 1.54) is 10.4 Å². The molecule has 100 valence electrons. The van der Waals surface area contributed by atoms with Gasteiger partial charge in [0.1, 0.15) is 10.8 Å². The normalized spacial score (nSPS) is 19.6. The van der Waals surface area contributed by atoms with Crippen molar-refractivity contribution in [3.8, 4) is 5.75 Å². The number of fused-ring (bicyclic) bond motifs is 1. The molecular formula is C15H18N2OS. The number of nitrogens with zero attached hydrogens (tertiary/aromatic N) is 1. The molecule has 0 aliphatic carbocycles. The van der Waals surface area contributed by atoms with E-state index in [4.69, 9.17) is 4.74 Å². The standard InChI is InChI=1S/C15H18N2OS/c1-10-9-16-15(19-10)11(2)17-13-7-8-18-14-6-4-3-5-12(13)14/h3-6,9,11,13,17H,7-8H2,1-2H3. The third kappa shape index (κ3) is 2.65. The van der Waals surface area contributed by atoms with Gasteiger partial charge in [0.2, 0.25) is 0 Å². The van der Waals surface area contributed by atoms with Crippen molar-refractivity contribution in [2.45, 2.75) is 32.4 Å². The summed E-state index contributed by atoms with van der Waals surface area (Å²) in [4.78, 5) is 5.72. The predicted molar refractivity (Wildman–Crippen MR) is 77.7 cm³/mol. The number of hydrogen-bond donors (Lipinski definition) is 1. The number of hydrogen-bond acceptors (Lipinski definition) is 4. The van der Waals surface area contributed by atoms with Crippen LogP contribution in [0.5, 0.6) is 5.75 Å². The fourth-order valence-electron chi connectivity index (χ4n) is 2.46. The highest BCUT2D eigenvalue weighted by molar-refractivity contribution is 7.11. The van der Waals surface area contributed by atoms with Gasteiger partial charge in [-0.15, -0.1) is 11.3 Å². The molecule has 1 aliphatic heterocycles. The SMILES string of the molecule is Cc1cnc(C(C)NC2CCOc3ccccc32)s1. The third-order valence-corrected chi connectivity index (χ3v) is 4.51. The average molecular weight is 274 g/mol. The molecule has 0 bridgehead atoms. The van der Waals surface area contributed by atoms with Gasteiger partial charge in [-0.25, -0.2) is 4.98 Å². The minimum atomic E-state index is 0.273. The van der Waals surface area contributed by atoms with Gasteiger partial charge in [0.05, 0.1) is 12.6 Å². The Labute approximate surface area is 117 Å². The molecule has 1 aromatic carbocycles. The van der Waals surface area contributed by atoms with Crippen molar-refractivity contribution < 1.29 is 4.74 Å². The van der Waals surface area contributed by atoms with Crippen LogP contribution in [0.15, 0.2) is 30.5 Å². The first kappa shape index (κ1) is 12.6. The lowest BCUT2D eigenvalue weighted by atomic mass is 10.00. The van der Waals surface area contributed by atoms with E-state index < -0.39 is 0 Å².